The first kappa shape index (κ1) is 22.0. The molecule has 0 radical (unpaired) electrons. The van der Waals surface area contributed by atoms with Gasteiger partial charge in [-0.3, -0.25) is 4.79 Å². The normalized spacial score (nSPS) is 11.3. The van der Waals surface area contributed by atoms with Crippen molar-refractivity contribution in [2.45, 2.75) is 6.92 Å². The molecular formula is C27H25NO5. The Balaban J connectivity index is 1.68. The Morgan fingerprint density at radius 1 is 0.909 bits per heavy atom. The molecule has 0 aliphatic rings. The standard InChI is InChI=1S/C27H25NO5/c1-17(12-27(29)28-19-6-5-7-21(13-19)31-3)22-14-23-24(16-33-26(23)15-25(22)32-4)18-8-10-20(30-2)11-9-18/h5-16H,1-4H3,(H,28,29)/b17-12+. The molecule has 0 bridgehead atoms. The van der Waals surface area contributed by atoms with Crippen molar-refractivity contribution in [1.82, 2.24) is 0 Å². The van der Waals surface area contributed by atoms with Crippen molar-refractivity contribution in [3.8, 4) is 28.4 Å². The van der Waals surface area contributed by atoms with Crippen molar-refractivity contribution in [2.24, 2.45) is 0 Å². The lowest BCUT2D eigenvalue weighted by Gasteiger charge is -2.10. The zero-order valence-corrected chi connectivity index (χ0v) is 19.0. The van der Waals surface area contributed by atoms with Gasteiger partial charge < -0.3 is 23.9 Å². The Bertz CT molecular complexity index is 1320. The van der Waals surface area contributed by atoms with E-state index in [-0.39, 0.29) is 5.91 Å². The monoisotopic (exact) mass is 443 g/mol. The number of carbonyl (C=O) groups is 1. The summed E-state index contributed by atoms with van der Waals surface area (Å²) in [4.78, 5) is 12.7. The molecule has 0 fully saturated rings. The fourth-order valence-corrected chi connectivity index (χ4v) is 3.68. The first-order valence-electron chi connectivity index (χ1n) is 10.4. The van der Waals surface area contributed by atoms with Crippen LogP contribution in [-0.4, -0.2) is 27.2 Å². The van der Waals surface area contributed by atoms with E-state index in [0.29, 0.717) is 22.8 Å². The Morgan fingerprint density at radius 3 is 2.36 bits per heavy atom. The van der Waals surface area contributed by atoms with Crippen LogP contribution in [0.2, 0.25) is 0 Å². The largest absolute Gasteiger partial charge is 0.497 e. The van der Waals surface area contributed by atoms with Gasteiger partial charge in [-0.15, -0.1) is 0 Å². The second-order valence-corrected chi connectivity index (χ2v) is 7.48. The molecule has 4 aromatic rings. The van der Waals surface area contributed by atoms with Gasteiger partial charge in [0.2, 0.25) is 5.91 Å². The number of hydrogen-bond donors (Lipinski definition) is 1. The van der Waals surface area contributed by atoms with E-state index in [1.165, 1.54) is 0 Å². The second-order valence-electron chi connectivity index (χ2n) is 7.48. The van der Waals surface area contributed by atoms with Crippen molar-refractivity contribution in [3.63, 3.8) is 0 Å². The molecule has 0 atom stereocenters. The van der Waals surface area contributed by atoms with Crippen LogP contribution in [0.5, 0.6) is 17.2 Å². The quantitative estimate of drug-likeness (QED) is 0.346. The third kappa shape index (κ3) is 4.70. The molecule has 1 heterocycles. The molecule has 3 aromatic carbocycles. The van der Waals surface area contributed by atoms with Crippen molar-refractivity contribution < 1.29 is 23.4 Å². The molecule has 0 unspecified atom stereocenters. The highest BCUT2D eigenvalue weighted by Gasteiger charge is 2.15. The zero-order chi connectivity index (χ0) is 23.4. The minimum atomic E-state index is -0.245. The van der Waals surface area contributed by atoms with Crippen LogP contribution in [0.4, 0.5) is 5.69 Å². The molecule has 1 N–H and O–H groups in total. The van der Waals surface area contributed by atoms with E-state index in [1.807, 2.05) is 61.5 Å². The van der Waals surface area contributed by atoms with E-state index in [4.69, 9.17) is 18.6 Å². The average Bonchev–Trinajstić information content (AvgIpc) is 3.26. The number of carbonyl (C=O) groups excluding carboxylic acids is 1. The predicted octanol–water partition coefficient (Wildman–Crippen LogP) is 6.17. The van der Waals surface area contributed by atoms with E-state index < -0.39 is 0 Å². The fraction of sp³-hybridized carbons (Fsp3) is 0.148. The number of furan rings is 1. The van der Waals surface area contributed by atoms with Gasteiger partial charge in [0.15, 0.2) is 0 Å². The average molecular weight is 443 g/mol. The number of allylic oxidation sites excluding steroid dienone is 1. The summed E-state index contributed by atoms with van der Waals surface area (Å²) in [5, 5.41) is 3.80. The number of rotatable bonds is 7. The first-order chi connectivity index (χ1) is 16.0. The summed E-state index contributed by atoms with van der Waals surface area (Å²) in [6, 6.07) is 18.8. The van der Waals surface area contributed by atoms with Crippen LogP contribution < -0.4 is 19.5 Å². The molecule has 0 aliphatic heterocycles. The molecule has 168 valence electrons. The molecule has 6 nitrogen and oxygen atoms in total. The number of hydrogen-bond acceptors (Lipinski definition) is 5. The Hall–Kier alpha value is -4.19. The minimum absolute atomic E-state index is 0.245. The Labute approximate surface area is 192 Å². The van der Waals surface area contributed by atoms with Gasteiger partial charge in [-0.2, -0.15) is 0 Å². The lowest BCUT2D eigenvalue weighted by atomic mass is 9.99. The van der Waals surface area contributed by atoms with Gasteiger partial charge in [0, 0.05) is 40.4 Å². The van der Waals surface area contributed by atoms with Crippen LogP contribution in [0.1, 0.15) is 12.5 Å². The molecular weight excluding hydrogens is 418 g/mol. The highest BCUT2D eigenvalue weighted by Crippen LogP contribution is 2.37. The SMILES string of the molecule is COc1ccc(-c2coc3cc(OC)c(/C(C)=C/C(=O)Nc4cccc(OC)c4)cc23)cc1. The van der Waals surface area contributed by atoms with Crippen LogP contribution in [0.25, 0.3) is 27.7 Å². The van der Waals surface area contributed by atoms with E-state index in [9.17, 15) is 4.79 Å². The summed E-state index contributed by atoms with van der Waals surface area (Å²) in [6.07, 6.45) is 3.28. The summed E-state index contributed by atoms with van der Waals surface area (Å²) in [5.41, 5.74) is 4.88. The number of methoxy groups -OCH3 is 3. The van der Waals surface area contributed by atoms with Crippen molar-refractivity contribution in [1.29, 1.82) is 0 Å². The number of nitrogens with one attached hydrogen (secondary N) is 1. The van der Waals surface area contributed by atoms with Crippen LogP contribution in [0.15, 0.2) is 77.4 Å². The molecule has 0 saturated carbocycles. The van der Waals surface area contributed by atoms with Crippen LogP contribution in [0.3, 0.4) is 0 Å². The third-order valence-corrected chi connectivity index (χ3v) is 5.41. The lowest BCUT2D eigenvalue weighted by molar-refractivity contribution is -0.111. The number of anilines is 1. The molecule has 1 aromatic heterocycles. The predicted molar refractivity (Wildman–Crippen MR) is 130 cm³/mol. The van der Waals surface area contributed by atoms with Gasteiger partial charge in [-0.1, -0.05) is 18.2 Å². The topological polar surface area (TPSA) is 69.9 Å². The van der Waals surface area contributed by atoms with Crippen LogP contribution in [-0.2, 0) is 4.79 Å². The lowest BCUT2D eigenvalue weighted by Crippen LogP contribution is -2.08. The number of fused-ring (bicyclic) bond motifs is 1. The highest BCUT2D eigenvalue weighted by molar-refractivity contribution is 6.05. The van der Waals surface area contributed by atoms with E-state index >= 15 is 0 Å². The maximum Gasteiger partial charge on any atom is 0.248 e. The summed E-state index contributed by atoms with van der Waals surface area (Å²) in [5.74, 6) is 1.84. The number of amides is 1. The van der Waals surface area contributed by atoms with Gasteiger partial charge in [0.25, 0.3) is 0 Å². The van der Waals surface area contributed by atoms with Gasteiger partial charge in [-0.05, 0) is 48.4 Å². The molecule has 0 spiro atoms. The minimum Gasteiger partial charge on any atom is -0.497 e. The molecule has 0 saturated heterocycles. The van der Waals surface area contributed by atoms with Gasteiger partial charge in [0.1, 0.15) is 22.8 Å². The molecule has 33 heavy (non-hydrogen) atoms. The summed E-state index contributed by atoms with van der Waals surface area (Å²) >= 11 is 0. The summed E-state index contributed by atoms with van der Waals surface area (Å²) in [6.45, 7) is 1.88. The Kier molecular flexibility index (Phi) is 6.36. The summed E-state index contributed by atoms with van der Waals surface area (Å²) < 4.78 is 21.8. The van der Waals surface area contributed by atoms with E-state index in [1.54, 1.807) is 39.7 Å². The number of ether oxygens (including phenoxy) is 3. The molecule has 0 aliphatic carbocycles. The van der Waals surface area contributed by atoms with E-state index in [2.05, 4.69) is 5.32 Å². The molecule has 6 heteroatoms. The van der Waals surface area contributed by atoms with Crippen molar-refractivity contribution in [2.75, 3.05) is 26.6 Å². The van der Waals surface area contributed by atoms with Crippen LogP contribution in [0, 0.1) is 0 Å². The number of benzene rings is 3. The second kappa shape index (κ2) is 9.53. The molecule has 4 rings (SSSR count). The fourth-order valence-electron chi connectivity index (χ4n) is 3.68. The smallest absolute Gasteiger partial charge is 0.248 e. The summed E-state index contributed by atoms with van der Waals surface area (Å²) in [7, 11) is 4.82. The van der Waals surface area contributed by atoms with Gasteiger partial charge in [-0.25, -0.2) is 0 Å². The molecule has 1 amide bonds. The first-order valence-corrected chi connectivity index (χ1v) is 10.4. The Morgan fingerprint density at radius 2 is 1.67 bits per heavy atom. The van der Waals surface area contributed by atoms with Gasteiger partial charge >= 0.3 is 0 Å². The van der Waals surface area contributed by atoms with Crippen molar-refractivity contribution >= 4 is 28.1 Å². The van der Waals surface area contributed by atoms with Gasteiger partial charge in [0.05, 0.1) is 27.6 Å². The van der Waals surface area contributed by atoms with Crippen molar-refractivity contribution in [3.05, 3.63) is 78.6 Å². The highest BCUT2D eigenvalue weighted by atomic mass is 16.5. The third-order valence-electron chi connectivity index (χ3n) is 5.41. The zero-order valence-electron chi connectivity index (χ0n) is 19.0. The van der Waals surface area contributed by atoms with E-state index in [0.717, 1.165) is 33.4 Å². The maximum atomic E-state index is 12.7. The van der Waals surface area contributed by atoms with Crippen LogP contribution >= 0.6 is 0 Å². The maximum absolute atomic E-state index is 12.7.